The van der Waals surface area contributed by atoms with Gasteiger partial charge in [0.2, 0.25) is 18.6 Å². The van der Waals surface area contributed by atoms with Crippen LogP contribution in [0.4, 0.5) is 0 Å². The Bertz CT molecular complexity index is 1310. The average Bonchev–Trinajstić information content (AvgIpc) is 3.67. The summed E-state index contributed by atoms with van der Waals surface area (Å²) in [5, 5.41) is 17.3. The monoisotopic (exact) mass is 784 g/mol. The largest absolute Gasteiger partial charge is 0.467 e. The molecule has 3 N–H and O–H groups in total. The Hall–Kier alpha value is -2.85. The lowest BCUT2D eigenvalue weighted by Crippen LogP contribution is -2.52. The molecule has 0 saturated carbocycles. The number of benzene rings is 1. The summed E-state index contributed by atoms with van der Waals surface area (Å²) in [6.07, 6.45) is 26.6. The number of hydrogen-bond acceptors (Lipinski definition) is 8. The molecule has 0 spiro atoms. The topological polar surface area (TPSA) is 126 Å². The van der Waals surface area contributed by atoms with Gasteiger partial charge in [-0.25, -0.2) is 4.79 Å². The Morgan fingerprint density at radius 2 is 1.30 bits per heavy atom. The number of fused-ring (bicyclic) bond motifs is 4. The average molecular weight is 784 g/mol. The van der Waals surface area contributed by atoms with E-state index in [0.717, 1.165) is 69.5 Å². The second-order valence-electron chi connectivity index (χ2n) is 16.9. The number of aliphatic hydroxyl groups excluding tert-OH is 1. The number of esters is 1. The van der Waals surface area contributed by atoms with Gasteiger partial charge in [-0.05, 0) is 61.3 Å². The van der Waals surface area contributed by atoms with Crippen molar-refractivity contribution in [1.82, 2.24) is 15.5 Å². The quantitative estimate of drug-likeness (QED) is 0.0543. The fourth-order valence-corrected chi connectivity index (χ4v) is 8.95. The highest BCUT2D eigenvalue weighted by Gasteiger charge is 2.39. The molecule has 56 heavy (non-hydrogen) atoms. The normalized spacial score (nSPS) is 19.8. The molecule has 3 aliphatic rings. The molecule has 1 aromatic rings. The van der Waals surface area contributed by atoms with Crippen molar-refractivity contribution in [3.8, 4) is 11.5 Å². The second-order valence-corrected chi connectivity index (χ2v) is 16.9. The number of nitrogens with zero attached hydrogens (tertiary/aromatic N) is 1. The summed E-state index contributed by atoms with van der Waals surface area (Å²) in [5.41, 5.74) is 2.46. The van der Waals surface area contributed by atoms with Crippen molar-refractivity contribution in [3.05, 3.63) is 23.3 Å². The van der Waals surface area contributed by atoms with Gasteiger partial charge in [-0.15, -0.1) is 0 Å². The molecule has 2 amide bonds. The van der Waals surface area contributed by atoms with E-state index in [1.165, 1.54) is 108 Å². The first-order valence-electron chi connectivity index (χ1n) is 22.9. The Kier molecular flexibility index (Phi) is 21.5. The molecule has 3 heterocycles. The van der Waals surface area contributed by atoms with E-state index in [-0.39, 0.29) is 37.0 Å². The lowest BCUT2D eigenvalue weighted by Gasteiger charge is -2.45. The summed E-state index contributed by atoms with van der Waals surface area (Å²) >= 11 is 0. The van der Waals surface area contributed by atoms with E-state index >= 15 is 0 Å². The van der Waals surface area contributed by atoms with Crippen LogP contribution in [0.3, 0.4) is 0 Å². The van der Waals surface area contributed by atoms with E-state index in [4.69, 9.17) is 14.2 Å². The number of methoxy groups -OCH3 is 1. The minimum atomic E-state index is -0.728. The first kappa shape index (κ1) is 45.8. The highest BCUT2D eigenvalue weighted by Crippen LogP contribution is 2.44. The highest BCUT2D eigenvalue weighted by atomic mass is 16.7. The standard InChI is InChI=1S/C46H77N3O7/c1-4-6-8-10-12-14-16-18-20-22-24-38(45(52)48-39(46(53)54-3)25-23-21-19-17-15-13-11-9-7-5-2)47-44(51)27-26-36-33-49-29-28-35-30-42-43(56-34-55-42)31-37(35)40(49)32-41(36)50/h30-31,36,38-41,50H,4-29,32-34H2,1-3H3,(H,47,51)(H,48,52)/t36-,38?,39?,40-,41-/m0/s1. The molecule has 1 saturated heterocycles. The Labute approximate surface area is 338 Å². The van der Waals surface area contributed by atoms with Crippen LogP contribution < -0.4 is 20.1 Å². The smallest absolute Gasteiger partial charge is 0.328 e. The van der Waals surface area contributed by atoms with Gasteiger partial charge >= 0.3 is 5.97 Å². The number of unbranched alkanes of at least 4 members (excludes halogenated alkanes) is 18. The van der Waals surface area contributed by atoms with Crippen LogP contribution >= 0.6 is 0 Å². The third kappa shape index (κ3) is 15.5. The van der Waals surface area contributed by atoms with Crippen LogP contribution in [0.5, 0.6) is 11.5 Å². The number of hydrogen-bond donors (Lipinski definition) is 3. The maximum atomic E-state index is 13.8. The number of nitrogens with one attached hydrogen (secondary N) is 2. The van der Waals surface area contributed by atoms with Crippen molar-refractivity contribution in [1.29, 1.82) is 0 Å². The van der Waals surface area contributed by atoms with Crippen molar-refractivity contribution in [3.63, 3.8) is 0 Å². The van der Waals surface area contributed by atoms with Crippen LogP contribution in [0.25, 0.3) is 0 Å². The summed E-state index contributed by atoms with van der Waals surface area (Å²) in [6.45, 7) is 6.34. The fraction of sp³-hybridized carbons (Fsp3) is 0.804. The molecule has 1 fully saturated rings. The zero-order valence-electron chi connectivity index (χ0n) is 35.4. The number of carbonyl (C=O) groups is 3. The van der Waals surface area contributed by atoms with E-state index in [1.54, 1.807) is 0 Å². The van der Waals surface area contributed by atoms with E-state index in [2.05, 4.69) is 41.5 Å². The number of aliphatic hydroxyl groups is 1. The first-order chi connectivity index (χ1) is 27.3. The summed E-state index contributed by atoms with van der Waals surface area (Å²) in [4.78, 5) is 42.5. The van der Waals surface area contributed by atoms with Gasteiger partial charge in [-0.1, -0.05) is 142 Å². The molecule has 5 atom stereocenters. The Balaban J connectivity index is 1.25. The van der Waals surface area contributed by atoms with E-state index in [1.807, 2.05) is 0 Å². The summed E-state index contributed by atoms with van der Waals surface area (Å²) in [5.74, 6) is 0.595. The number of amides is 2. The van der Waals surface area contributed by atoms with Crippen LogP contribution in [0.1, 0.15) is 192 Å². The van der Waals surface area contributed by atoms with Gasteiger partial charge in [0.15, 0.2) is 11.5 Å². The van der Waals surface area contributed by atoms with Crippen LogP contribution in [0, 0.1) is 5.92 Å². The third-order valence-electron chi connectivity index (χ3n) is 12.5. The van der Waals surface area contributed by atoms with Crippen molar-refractivity contribution in [2.45, 2.75) is 205 Å². The second kappa shape index (κ2) is 26.2. The molecule has 0 radical (unpaired) electrons. The molecular weight excluding hydrogens is 707 g/mol. The van der Waals surface area contributed by atoms with Crippen LogP contribution in [-0.2, 0) is 25.5 Å². The SMILES string of the molecule is CCCCCCCCCCCCC(NC(=O)CC[C@H]1CN2CCc3cc4c(cc3[C@@H]2C[C@@H]1O)OCO4)C(=O)NC(CCCCCCCCCCCC)C(=O)OC. The van der Waals surface area contributed by atoms with Gasteiger partial charge in [0.05, 0.1) is 13.2 Å². The van der Waals surface area contributed by atoms with Gasteiger partial charge in [-0.3, -0.25) is 14.5 Å². The van der Waals surface area contributed by atoms with Gasteiger partial charge in [-0.2, -0.15) is 0 Å². The predicted molar refractivity (Wildman–Crippen MR) is 223 cm³/mol. The molecule has 4 rings (SSSR count). The molecule has 10 nitrogen and oxygen atoms in total. The molecule has 318 valence electrons. The summed E-state index contributed by atoms with van der Waals surface area (Å²) in [6, 6.07) is 2.84. The summed E-state index contributed by atoms with van der Waals surface area (Å²) in [7, 11) is 1.36. The molecule has 0 aromatic heterocycles. The summed E-state index contributed by atoms with van der Waals surface area (Å²) < 4.78 is 16.3. The van der Waals surface area contributed by atoms with Crippen molar-refractivity contribution in [2.75, 3.05) is 27.0 Å². The van der Waals surface area contributed by atoms with Gasteiger partial charge in [0.25, 0.3) is 0 Å². The van der Waals surface area contributed by atoms with Gasteiger partial charge < -0.3 is 30.0 Å². The predicted octanol–water partition coefficient (Wildman–Crippen LogP) is 9.24. The molecule has 3 aliphatic heterocycles. The van der Waals surface area contributed by atoms with Crippen molar-refractivity contribution < 1.29 is 33.7 Å². The van der Waals surface area contributed by atoms with Gasteiger partial charge in [0, 0.05) is 25.6 Å². The van der Waals surface area contributed by atoms with E-state index in [0.29, 0.717) is 25.7 Å². The Morgan fingerprint density at radius 1 is 0.768 bits per heavy atom. The third-order valence-corrected chi connectivity index (χ3v) is 12.5. The van der Waals surface area contributed by atoms with E-state index in [9.17, 15) is 19.5 Å². The highest BCUT2D eigenvalue weighted by molar-refractivity contribution is 5.90. The van der Waals surface area contributed by atoms with Crippen LogP contribution in [0.15, 0.2) is 12.1 Å². The van der Waals surface area contributed by atoms with Crippen molar-refractivity contribution >= 4 is 17.8 Å². The minimum absolute atomic E-state index is 0.0356. The van der Waals surface area contributed by atoms with Crippen LogP contribution in [0.2, 0.25) is 0 Å². The maximum Gasteiger partial charge on any atom is 0.328 e. The van der Waals surface area contributed by atoms with Gasteiger partial charge in [0.1, 0.15) is 12.1 Å². The minimum Gasteiger partial charge on any atom is -0.467 e. The van der Waals surface area contributed by atoms with Crippen molar-refractivity contribution in [2.24, 2.45) is 5.92 Å². The van der Waals surface area contributed by atoms with Crippen LogP contribution in [-0.4, -0.2) is 73.0 Å². The molecule has 0 bridgehead atoms. The zero-order valence-corrected chi connectivity index (χ0v) is 35.4. The maximum absolute atomic E-state index is 13.8. The number of piperidine rings is 1. The molecule has 2 unspecified atom stereocenters. The Morgan fingerprint density at radius 3 is 1.88 bits per heavy atom. The molecule has 10 heteroatoms. The lowest BCUT2D eigenvalue weighted by atomic mass is 9.80. The molecule has 1 aromatic carbocycles. The number of carbonyl (C=O) groups excluding carboxylic acids is 3. The lowest BCUT2D eigenvalue weighted by molar-refractivity contribution is -0.145. The number of ether oxygens (including phenoxy) is 3. The first-order valence-corrected chi connectivity index (χ1v) is 22.9. The molecule has 0 aliphatic carbocycles. The van der Waals surface area contributed by atoms with E-state index < -0.39 is 24.2 Å². The zero-order chi connectivity index (χ0) is 40.0. The molecular formula is C46H77N3O7. The fourth-order valence-electron chi connectivity index (χ4n) is 8.95. The number of rotatable bonds is 29.